The van der Waals surface area contributed by atoms with Gasteiger partial charge in [0.05, 0.1) is 0 Å². The summed E-state index contributed by atoms with van der Waals surface area (Å²) >= 11 is 11.1. The van der Waals surface area contributed by atoms with Crippen molar-refractivity contribution < 1.29 is 0 Å². The molecule has 3 heteroatoms. The van der Waals surface area contributed by atoms with Gasteiger partial charge in [-0.05, 0) is 63.7 Å². The second-order valence-electron chi connectivity index (χ2n) is 6.16. The maximum atomic E-state index is 3.80. The topological polar surface area (TPSA) is 0 Å². The largest absolute Gasteiger partial charge is 0.0608 e. The molecule has 0 N–H and O–H groups in total. The van der Waals surface area contributed by atoms with Gasteiger partial charge in [0.2, 0.25) is 0 Å². The third kappa shape index (κ3) is 1.93. The van der Waals surface area contributed by atoms with Gasteiger partial charge in [-0.15, -0.1) is 0 Å². The van der Waals surface area contributed by atoms with Crippen LogP contribution in [-0.4, -0.2) is 0 Å². The second-order valence-corrected chi connectivity index (χ2v) is 8.84. The Balaban J connectivity index is 1.92. The Labute approximate surface area is 160 Å². The van der Waals surface area contributed by atoms with E-state index in [4.69, 9.17) is 0 Å². The van der Waals surface area contributed by atoms with Crippen LogP contribution in [0, 0.1) is 0 Å². The molecule has 112 valence electrons. The Morgan fingerprint density at radius 1 is 0.565 bits per heavy atom. The highest BCUT2D eigenvalue weighted by Crippen LogP contribution is 2.57. The predicted molar refractivity (Wildman–Crippen MR) is 104 cm³/mol. The van der Waals surface area contributed by atoms with Crippen molar-refractivity contribution in [3.8, 4) is 0 Å². The van der Waals surface area contributed by atoms with E-state index in [9.17, 15) is 0 Å². The average molecular weight is 491 g/mol. The summed E-state index contributed by atoms with van der Waals surface area (Å²) in [5.74, 6) is 0.629. The zero-order chi connectivity index (χ0) is 15.7. The van der Waals surface area contributed by atoms with Crippen molar-refractivity contribution in [2.75, 3.05) is 0 Å². The lowest BCUT2D eigenvalue weighted by atomic mass is 9.61. The van der Waals surface area contributed by atoms with Gasteiger partial charge in [0.1, 0.15) is 0 Å². The lowest BCUT2D eigenvalue weighted by Crippen LogP contribution is -2.27. The lowest BCUT2D eigenvalue weighted by molar-refractivity contribution is 0.749. The monoisotopic (exact) mass is 488 g/mol. The van der Waals surface area contributed by atoms with Crippen molar-refractivity contribution in [3.05, 3.63) is 101 Å². The van der Waals surface area contributed by atoms with Crippen molar-refractivity contribution >= 4 is 47.8 Å². The van der Waals surface area contributed by atoms with E-state index < -0.39 is 0 Å². The molecular weight excluding hydrogens is 480 g/mol. The summed E-state index contributed by atoms with van der Waals surface area (Å²) in [7, 11) is 0. The minimum atomic E-state index is 0.307. The molecule has 6 rings (SSSR count). The molecule has 0 saturated carbocycles. The zero-order valence-electron chi connectivity index (χ0n) is 12.0. The molecule has 3 aromatic carbocycles. The fourth-order valence-corrected chi connectivity index (χ4v) is 5.58. The van der Waals surface area contributed by atoms with Crippen LogP contribution in [0.2, 0.25) is 0 Å². The molecule has 2 unspecified atom stereocenters. The van der Waals surface area contributed by atoms with Gasteiger partial charge in [-0.3, -0.25) is 0 Å². The van der Waals surface area contributed by atoms with E-state index in [1.807, 2.05) is 0 Å². The number of hydrogen-bond donors (Lipinski definition) is 0. The summed E-state index contributed by atoms with van der Waals surface area (Å²) in [4.78, 5) is 0. The van der Waals surface area contributed by atoms with Gasteiger partial charge in [0.25, 0.3) is 0 Å². The SMILES string of the molecule is Brc1ccc2c(c1)C1c3ccc(Br)cc3C2c2c(Br)cccc21. The van der Waals surface area contributed by atoms with E-state index in [2.05, 4.69) is 102 Å². The molecule has 0 aliphatic heterocycles. The summed E-state index contributed by atoms with van der Waals surface area (Å²) in [6.45, 7) is 0. The smallest absolute Gasteiger partial charge is 0.0360 e. The van der Waals surface area contributed by atoms with Crippen LogP contribution in [0.4, 0.5) is 0 Å². The molecule has 0 aromatic heterocycles. The first kappa shape index (κ1) is 14.4. The first-order chi connectivity index (χ1) is 11.1. The number of halogens is 3. The van der Waals surface area contributed by atoms with Gasteiger partial charge in [-0.25, -0.2) is 0 Å². The number of hydrogen-bond acceptors (Lipinski definition) is 0. The van der Waals surface area contributed by atoms with Gasteiger partial charge in [-0.1, -0.05) is 72.1 Å². The number of benzene rings is 3. The lowest BCUT2D eigenvalue weighted by Gasteiger charge is -2.42. The minimum absolute atomic E-state index is 0.307. The molecule has 0 spiro atoms. The van der Waals surface area contributed by atoms with Crippen LogP contribution in [0.5, 0.6) is 0 Å². The molecule has 0 amide bonds. The first-order valence-corrected chi connectivity index (χ1v) is 9.90. The number of rotatable bonds is 0. The van der Waals surface area contributed by atoms with E-state index in [0.29, 0.717) is 11.8 Å². The summed E-state index contributed by atoms with van der Waals surface area (Å²) in [5, 5.41) is 0. The van der Waals surface area contributed by atoms with Crippen LogP contribution in [0.15, 0.2) is 68.0 Å². The minimum Gasteiger partial charge on any atom is -0.0608 e. The van der Waals surface area contributed by atoms with Gasteiger partial charge < -0.3 is 0 Å². The quantitative estimate of drug-likeness (QED) is 0.220. The Kier molecular flexibility index (Phi) is 3.17. The Hall–Kier alpha value is -0.900. The van der Waals surface area contributed by atoms with E-state index in [1.54, 1.807) is 0 Å². The van der Waals surface area contributed by atoms with Crippen LogP contribution in [0.25, 0.3) is 0 Å². The Morgan fingerprint density at radius 2 is 1.17 bits per heavy atom. The fourth-order valence-electron chi connectivity index (χ4n) is 4.21. The van der Waals surface area contributed by atoms with Crippen molar-refractivity contribution in [1.82, 2.24) is 0 Å². The van der Waals surface area contributed by atoms with E-state index in [1.165, 1.54) is 37.9 Å². The summed E-state index contributed by atoms with van der Waals surface area (Å²) in [6, 6.07) is 20.1. The highest BCUT2D eigenvalue weighted by Gasteiger charge is 2.42. The normalized spacial score (nSPS) is 20.0. The van der Waals surface area contributed by atoms with E-state index >= 15 is 0 Å². The predicted octanol–water partition coefficient (Wildman–Crippen LogP) is 6.96. The molecule has 23 heavy (non-hydrogen) atoms. The standard InChI is InChI=1S/C20H11Br3/c21-10-5-7-13-15(8-10)18-12-6-4-11(22)9-16(12)19(13)20-14(18)2-1-3-17(20)23/h1-9,18-19H. The van der Waals surface area contributed by atoms with Crippen molar-refractivity contribution in [2.24, 2.45) is 0 Å². The van der Waals surface area contributed by atoms with Crippen LogP contribution in [0.3, 0.4) is 0 Å². The first-order valence-electron chi connectivity index (χ1n) is 7.52. The molecule has 3 aromatic rings. The molecule has 0 saturated heterocycles. The van der Waals surface area contributed by atoms with Crippen LogP contribution < -0.4 is 0 Å². The molecule has 0 radical (unpaired) electrons. The van der Waals surface area contributed by atoms with Crippen LogP contribution >= 0.6 is 47.8 Å². The molecule has 0 nitrogen and oxygen atoms in total. The van der Waals surface area contributed by atoms with Crippen molar-refractivity contribution in [3.63, 3.8) is 0 Å². The van der Waals surface area contributed by atoms with Crippen molar-refractivity contribution in [1.29, 1.82) is 0 Å². The van der Waals surface area contributed by atoms with Gasteiger partial charge in [-0.2, -0.15) is 0 Å². The highest BCUT2D eigenvalue weighted by molar-refractivity contribution is 9.11. The third-order valence-corrected chi connectivity index (χ3v) is 6.71. The Morgan fingerprint density at radius 3 is 1.87 bits per heavy atom. The van der Waals surface area contributed by atoms with Crippen molar-refractivity contribution in [2.45, 2.75) is 11.8 Å². The molecule has 2 bridgehead atoms. The third-order valence-electron chi connectivity index (χ3n) is 5.03. The van der Waals surface area contributed by atoms with Gasteiger partial charge in [0, 0.05) is 25.3 Å². The Bertz CT molecular complexity index is 973. The van der Waals surface area contributed by atoms with Gasteiger partial charge >= 0.3 is 0 Å². The van der Waals surface area contributed by atoms with Crippen LogP contribution in [0.1, 0.15) is 45.2 Å². The van der Waals surface area contributed by atoms with Crippen LogP contribution in [-0.2, 0) is 0 Å². The maximum Gasteiger partial charge on any atom is 0.0360 e. The second kappa shape index (κ2) is 5.05. The highest BCUT2D eigenvalue weighted by atomic mass is 79.9. The summed E-state index contributed by atoms with van der Waals surface area (Å²) in [5.41, 5.74) is 8.60. The molecule has 3 aliphatic rings. The maximum absolute atomic E-state index is 3.80. The summed E-state index contributed by atoms with van der Waals surface area (Å²) < 4.78 is 3.51. The average Bonchev–Trinajstić information content (AvgIpc) is 2.54. The van der Waals surface area contributed by atoms with E-state index in [-0.39, 0.29) is 0 Å². The molecule has 3 aliphatic carbocycles. The molecule has 0 heterocycles. The summed E-state index contributed by atoms with van der Waals surface area (Å²) in [6.07, 6.45) is 0. The zero-order valence-corrected chi connectivity index (χ0v) is 16.7. The molecular formula is C20H11Br3. The van der Waals surface area contributed by atoms with Gasteiger partial charge in [0.15, 0.2) is 0 Å². The molecule has 0 fully saturated rings. The fraction of sp³-hybridized carbons (Fsp3) is 0.100. The molecule has 2 atom stereocenters. The van der Waals surface area contributed by atoms with E-state index in [0.717, 1.165) is 8.95 Å².